The minimum Gasteiger partial charge on any atom is -0.252 e. The van der Waals surface area contributed by atoms with E-state index in [9.17, 15) is 0 Å². The fourth-order valence-electron chi connectivity index (χ4n) is 1.95. The molecule has 0 amide bonds. The van der Waals surface area contributed by atoms with Gasteiger partial charge in [-0.25, -0.2) is 0 Å². The molecular formula is C20H24N2. The summed E-state index contributed by atoms with van der Waals surface area (Å²) in [6, 6.07) is 20.3. The normalized spacial score (nSPS) is 8.91. The third-order valence-electron chi connectivity index (χ3n) is 2.79. The SMILES string of the molecule is CC.CC.c1ccc(-c2nccnc2-c2ccccc2)cc1. The minimum absolute atomic E-state index is 0.921. The third kappa shape index (κ3) is 4.52. The molecule has 0 aliphatic heterocycles. The molecular weight excluding hydrogens is 268 g/mol. The average Bonchev–Trinajstić information content (AvgIpc) is 2.66. The molecule has 3 rings (SSSR count). The van der Waals surface area contributed by atoms with Gasteiger partial charge in [-0.15, -0.1) is 0 Å². The van der Waals surface area contributed by atoms with Gasteiger partial charge >= 0.3 is 0 Å². The first-order valence-electron chi connectivity index (χ1n) is 7.87. The first-order valence-corrected chi connectivity index (χ1v) is 7.87. The van der Waals surface area contributed by atoms with Crippen molar-refractivity contribution >= 4 is 0 Å². The lowest BCUT2D eigenvalue weighted by molar-refractivity contribution is 1.21. The average molecular weight is 292 g/mol. The monoisotopic (exact) mass is 292 g/mol. The second-order valence-corrected chi connectivity index (χ2v) is 3.99. The van der Waals surface area contributed by atoms with Crippen molar-refractivity contribution in [3.05, 3.63) is 73.1 Å². The van der Waals surface area contributed by atoms with E-state index in [2.05, 4.69) is 34.2 Å². The van der Waals surface area contributed by atoms with Crippen molar-refractivity contribution in [3.63, 3.8) is 0 Å². The summed E-state index contributed by atoms with van der Waals surface area (Å²) in [5.74, 6) is 0. The highest BCUT2D eigenvalue weighted by molar-refractivity contribution is 5.77. The van der Waals surface area contributed by atoms with Gasteiger partial charge in [0, 0.05) is 23.5 Å². The quantitative estimate of drug-likeness (QED) is 0.591. The molecule has 0 fully saturated rings. The van der Waals surface area contributed by atoms with Crippen molar-refractivity contribution in [1.82, 2.24) is 9.97 Å². The maximum atomic E-state index is 4.46. The van der Waals surface area contributed by atoms with E-state index in [0.717, 1.165) is 22.5 Å². The lowest BCUT2D eigenvalue weighted by Gasteiger charge is -2.07. The summed E-state index contributed by atoms with van der Waals surface area (Å²) in [4.78, 5) is 8.93. The molecule has 0 unspecified atom stereocenters. The Morgan fingerprint density at radius 1 is 0.500 bits per heavy atom. The lowest BCUT2D eigenvalue weighted by Crippen LogP contribution is -1.91. The van der Waals surface area contributed by atoms with Crippen LogP contribution in [-0.2, 0) is 0 Å². The molecule has 0 N–H and O–H groups in total. The molecule has 0 radical (unpaired) electrons. The predicted octanol–water partition coefficient (Wildman–Crippen LogP) is 5.86. The Kier molecular flexibility index (Phi) is 8.21. The first-order chi connectivity index (χ1) is 10.9. The zero-order valence-electron chi connectivity index (χ0n) is 13.8. The number of rotatable bonds is 2. The van der Waals surface area contributed by atoms with Crippen molar-refractivity contribution in [1.29, 1.82) is 0 Å². The smallest absolute Gasteiger partial charge is 0.0965 e. The molecule has 2 aromatic carbocycles. The Morgan fingerprint density at radius 2 is 0.818 bits per heavy atom. The molecule has 0 atom stereocenters. The molecule has 0 bridgehead atoms. The third-order valence-corrected chi connectivity index (χ3v) is 2.79. The standard InChI is InChI=1S/C16H12N2.2C2H6/c1-3-7-13(8-4-1)15-16(18-12-11-17-15)14-9-5-2-6-10-14;2*1-2/h1-12H;2*1-2H3. The van der Waals surface area contributed by atoms with Crippen LogP contribution in [0.25, 0.3) is 22.5 Å². The molecule has 0 saturated carbocycles. The Bertz CT molecular complexity index is 576. The molecule has 3 aromatic rings. The highest BCUT2D eigenvalue weighted by atomic mass is 14.8. The fourth-order valence-corrected chi connectivity index (χ4v) is 1.95. The second-order valence-electron chi connectivity index (χ2n) is 3.99. The highest BCUT2D eigenvalue weighted by Gasteiger charge is 2.08. The topological polar surface area (TPSA) is 25.8 Å². The number of hydrogen-bond acceptors (Lipinski definition) is 2. The van der Waals surface area contributed by atoms with Crippen LogP contribution < -0.4 is 0 Å². The van der Waals surface area contributed by atoms with E-state index in [-0.39, 0.29) is 0 Å². The highest BCUT2D eigenvalue weighted by Crippen LogP contribution is 2.27. The number of aromatic nitrogens is 2. The van der Waals surface area contributed by atoms with Gasteiger partial charge in [0.25, 0.3) is 0 Å². The van der Waals surface area contributed by atoms with E-state index in [0.29, 0.717) is 0 Å². The van der Waals surface area contributed by atoms with E-state index in [1.807, 2.05) is 64.1 Å². The minimum atomic E-state index is 0.921. The van der Waals surface area contributed by atoms with E-state index < -0.39 is 0 Å². The summed E-state index contributed by atoms with van der Waals surface area (Å²) >= 11 is 0. The molecule has 114 valence electrons. The van der Waals surface area contributed by atoms with Crippen LogP contribution >= 0.6 is 0 Å². The molecule has 0 spiro atoms. The molecule has 0 saturated heterocycles. The van der Waals surface area contributed by atoms with Crippen LogP contribution in [0.5, 0.6) is 0 Å². The van der Waals surface area contributed by atoms with E-state index >= 15 is 0 Å². The van der Waals surface area contributed by atoms with Gasteiger partial charge in [-0.2, -0.15) is 0 Å². The Labute approximate surface area is 133 Å². The number of nitrogens with zero attached hydrogens (tertiary/aromatic N) is 2. The molecule has 1 heterocycles. The van der Waals surface area contributed by atoms with Gasteiger partial charge in [-0.1, -0.05) is 88.4 Å². The maximum absolute atomic E-state index is 4.46. The van der Waals surface area contributed by atoms with Crippen molar-refractivity contribution in [2.45, 2.75) is 27.7 Å². The molecule has 0 aliphatic rings. The Balaban J connectivity index is 0.000000561. The Hall–Kier alpha value is -2.48. The number of benzene rings is 2. The van der Waals surface area contributed by atoms with Crippen LogP contribution in [0.1, 0.15) is 27.7 Å². The van der Waals surface area contributed by atoms with Gasteiger partial charge in [0.1, 0.15) is 0 Å². The van der Waals surface area contributed by atoms with Crippen LogP contribution in [0.2, 0.25) is 0 Å². The van der Waals surface area contributed by atoms with Crippen molar-refractivity contribution in [2.24, 2.45) is 0 Å². The van der Waals surface area contributed by atoms with Crippen LogP contribution in [-0.4, -0.2) is 9.97 Å². The van der Waals surface area contributed by atoms with Crippen molar-refractivity contribution in [2.75, 3.05) is 0 Å². The van der Waals surface area contributed by atoms with Gasteiger partial charge in [-0.05, 0) is 0 Å². The Morgan fingerprint density at radius 3 is 1.14 bits per heavy atom. The summed E-state index contributed by atoms with van der Waals surface area (Å²) in [5, 5.41) is 0. The lowest BCUT2D eigenvalue weighted by atomic mass is 10.0. The van der Waals surface area contributed by atoms with Crippen LogP contribution in [0.15, 0.2) is 73.1 Å². The van der Waals surface area contributed by atoms with Gasteiger partial charge in [0.15, 0.2) is 0 Å². The van der Waals surface area contributed by atoms with Gasteiger partial charge in [0.2, 0.25) is 0 Å². The number of hydrogen-bond donors (Lipinski definition) is 0. The van der Waals surface area contributed by atoms with E-state index in [1.165, 1.54) is 0 Å². The fraction of sp³-hybridized carbons (Fsp3) is 0.200. The zero-order valence-corrected chi connectivity index (χ0v) is 13.8. The molecule has 2 heteroatoms. The van der Waals surface area contributed by atoms with Gasteiger partial charge in [0.05, 0.1) is 11.4 Å². The summed E-state index contributed by atoms with van der Waals surface area (Å²) in [5.41, 5.74) is 4.02. The molecule has 2 nitrogen and oxygen atoms in total. The predicted molar refractivity (Wildman–Crippen MR) is 95.6 cm³/mol. The molecule has 1 aromatic heterocycles. The van der Waals surface area contributed by atoms with Crippen LogP contribution in [0.3, 0.4) is 0 Å². The first kappa shape index (κ1) is 17.6. The van der Waals surface area contributed by atoms with E-state index in [1.54, 1.807) is 12.4 Å². The van der Waals surface area contributed by atoms with Gasteiger partial charge in [-0.3, -0.25) is 9.97 Å². The van der Waals surface area contributed by atoms with Crippen LogP contribution in [0, 0.1) is 0 Å². The second kappa shape index (κ2) is 10.3. The summed E-state index contributed by atoms with van der Waals surface area (Å²) in [6.45, 7) is 8.00. The van der Waals surface area contributed by atoms with Crippen LogP contribution in [0.4, 0.5) is 0 Å². The van der Waals surface area contributed by atoms with Gasteiger partial charge < -0.3 is 0 Å². The summed E-state index contributed by atoms with van der Waals surface area (Å²) < 4.78 is 0. The zero-order chi connectivity index (χ0) is 16.2. The largest absolute Gasteiger partial charge is 0.252 e. The molecule has 22 heavy (non-hydrogen) atoms. The van der Waals surface area contributed by atoms with Crippen molar-refractivity contribution in [3.8, 4) is 22.5 Å². The summed E-state index contributed by atoms with van der Waals surface area (Å²) in [7, 11) is 0. The molecule has 0 aliphatic carbocycles. The summed E-state index contributed by atoms with van der Waals surface area (Å²) in [6.07, 6.45) is 3.46. The maximum Gasteiger partial charge on any atom is 0.0965 e. The van der Waals surface area contributed by atoms with E-state index in [4.69, 9.17) is 0 Å². The van der Waals surface area contributed by atoms with Crippen molar-refractivity contribution < 1.29 is 0 Å².